The Hall–Kier alpha value is -1.59. The van der Waals surface area contributed by atoms with Crippen LogP contribution in [0.25, 0.3) is 0 Å². The first-order valence-corrected chi connectivity index (χ1v) is 8.72. The van der Waals surface area contributed by atoms with Gasteiger partial charge in [0.05, 0.1) is 11.5 Å². The van der Waals surface area contributed by atoms with E-state index in [0.717, 1.165) is 17.7 Å². The van der Waals surface area contributed by atoms with Gasteiger partial charge in [-0.1, -0.05) is 31.5 Å². The van der Waals surface area contributed by atoms with Gasteiger partial charge < -0.3 is 15.5 Å². The van der Waals surface area contributed by atoms with Crippen molar-refractivity contribution in [2.75, 3.05) is 19.4 Å². The van der Waals surface area contributed by atoms with E-state index in [1.807, 2.05) is 12.1 Å². The number of anilines is 1. The third-order valence-corrected chi connectivity index (χ3v) is 5.32. The van der Waals surface area contributed by atoms with E-state index in [-0.39, 0.29) is 23.9 Å². The molecule has 0 aliphatic carbocycles. The van der Waals surface area contributed by atoms with Gasteiger partial charge in [0.2, 0.25) is 11.8 Å². The van der Waals surface area contributed by atoms with Crippen LogP contribution < -0.4 is 10.6 Å². The number of carbonyl (C=O) groups excluding carboxylic acids is 2. The summed E-state index contributed by atoms with van der Waals surface area (Å²) in [6.07, 6.45) is 1.30. The molecule has 1 aromatic carbocycles. The number of amides is 2. The van der Waals surface area contributed by atoms with Gasteiger partial charge in [0, 0.05) is 30.8 Å². The van der Waals surface area contributed by atoms with E-state index in [1.165, 1.54) is 0 Å². The predicted octanol–water partition coefficient (Wildman–Crippen LogP) is 2.39. The largest absolute Gasteiger partial charge is 0.347 e. The number of nitrogens with one attached hydrogen (secondary N) is 2. The number of benzene rings is 1. The van der Waals surface area contributed by atoms with Crippen molar-refractivity contribution in [3.63, 3.8) is 0 Å². The van der Waals surface area contributed by atoms with Gasteiger partial charge in [0.1, 0.15) is 0 Å². The predicted molar refractivity (Wildman–Crippen MR) is 95.2 cm³/mol. The average Bonchev–Trinajstić information content (AvgIpc) is 2.98. The molecule has 2 aliphatic heterocycles. The van der Waals surface area contributed by atoms with E-state index >= 15 is 0 Å². The van der Waals surface area contributed by atoms with Crippen LogP contribution in [0, 0.1) is 5.92 Å². The van der Waals surface area contributed by atoms with Crippen molar-refractivity contribution in [2.24, 2.45) is 5.92 Å². The van der Waals surface area contributed by atoms with Gasteiger partial charge in [-0.05, 0) is 36.5 Å². The van der Waals surface area contributed by atoms with Crippen LogP contribution in [0.5, 0.6) is 0 Å². The van der Waals surface area contributed by atoms with E-state index in [2.05, 4.69) is 24.5 Å². The molecule has 2 N–H and O–H groups in total. The molecule has 5 nitrogen and oxygen atoms in total. The monoisotopic (exact) mass is 349 g/mol. The highest BCUT2D eigenvalue weighted by molar-refractivity contribution is 6.31. The van der Waals surface area contributed by atoms with Crippen molar-refractivity contribution in [3.05, 3.63) is 28.8 Å². The first kappa shape index (κ1) is 17.2. The fourth-order valence-corrected chi connectivity index (χ4v) is 4.20. The minimum atomic E-state index is -0.708. The smallest absolute Gasteiger partial charge is 0.239 e. The molecule has 1 aromatic rings. The van der Waals surface area contributed by atoms with Crippen LogP contribution in [0.4, 0.5) is 5.69 Å². The summed E-state index contributed by atoms with van der Waals surface area (Å²) in [7, 11) is 3.49. The van der Waals surface area contributed by atoms with Gasteiger partial charge in [-0.2, -0.15) is 0 Å². The molecule has 24 heavy (non-hydrogen) atoms. The summed E-state index contributed by atoms with van der Waals surface area (Å²) in [5.41, 5.74) is 1.01. The Morgan fingerprint density at radius 2 is 2.12 bits per heavy atom. The van der Waals surface area contributed by atoms with Crippen molar-refractivity contribution in [1.29, 1.82) is 0 Å². The molecule has 130 valence electrons. The van der Waals surface area contributed by atoms with Gasteiger partial charge in [-0.25, -0.2) is 0 Å². The molecule has 3 atom stereocenters. The molecule has 3 rings (SSSR count). The number of hydrogen-bond acceptors (Lipinski definition) is 3. The lowest BCUT2D eigenvalue weighted by Gasteiger charge is -2.30. The molecule has 0 bridgehead atoms. The highest BCUT2D eigenvalue weighted by atomic mass is 35.5. The third-order valence-electron chi connectivity index (χ3n) is 5.08. The minimum absolute atomic E-state index is 0.0100. The summed E-state index contributed by atoms with van der Waals surface area (Å²) >= 11 is 6.08. The van der Waals surface area contributed by atoms with Crippen molar-refractivity contribution < 1.29 is 9.59 Å². The Morgan fingerprint density at radius 3 is 2.75 bits per heavy atom. The summed E-state index contributed by atoms with van der Waals surface area (Å²) in [6, 6.07) is 5.10. The second kappa shape index (κ2) is 6.05. The molecule has 2 aliphatic rings. The van der Waals surface area contributed by atoms with Gasteiger partial charge in [-0.3, -0.25) is 9.59 Å². The quantitative estimate of drug-likeness (QED) is 0.880. The van der Waals surface area contributed by atoms with E-state index in [9.17, 15) is 9.59 Å². The first-order valence-electron chi connectivity index (χ1n) is 8.34. The number of carbonyl (C=O) groups is 2. The zero-order valence-electron chi connectivity index (χ0n) is 14.5. The topological polar surface area (TPSA) is 61.4 Å². The van der Waals surface area contributed by atoms with Crippen molar-refractivity contribution in [1.82, 2.24) is 10.2 Å². The van der Waals surface area contributed by atoms with E-state index in [1.54, 1.807) is 25.1 Å². The maximum atomic E-state index is 13.0. The van der Waals surface area contributed by atoms with Crippen LogP contribution in [0.15, 0.2) is 18.2 Å². The van der Waals surface area contributed by atoms with Crippen molar-refractivity contribution >= 4 is 29.1 Å². The number of halogens is 1. The SMILES string of the molecule is CC(C)C[C@H]1N[C@@H](C(=O)N(C)C)C[C@@]12C(=O)Nc1cc(Cl)ccc12. The summed E-state index contributed by atoms with van der Waals surface area (Å²) in [4.78, 5) is 27.1. The Labute approximate surface area is 147 Å². The Morgan fingerprint density at radius 1 is 1.42 bits per heavy atom. The lowest BCUT2D eigenvalue weighted by atomic mass is 9.72. The molecule has 6 heteroatoms. The number of fused-ring (bicyclic) bond motifs is 2. The molecule has 0 radical (unpaired) electrons. The zero-order valence-corrected chi connectivity index (χ0v) is 15.3. The summed E-state index contributed by atoms with van der Waals surface area (Å²) < 4.78 is 0. The Kier molecular flexibility index (Phi) is 4.34. The summed E-state index contributed by atoms with van der Waals surface area (Å²) in [6.45, 7) is 4.26. The molecular weight excluding hydrogens is 326 g/mol. The number of rotatable bonds is 3. The Bertz CT molecular complexity index is 689. The number of likely N-dealkylation sites (N-methyl/N-ethyl adjacent to an activating group) is 1. The summed E-state index contributed by atoms with van der Waals surface area (Å²) in [5, 5.41) is 7.01. The molecule has 1 saturated heterocycles. The molecule has 0 unspecified atom stereocenters. The maximum absolute atomic E-state index is 13.0. The van der Waals surface area contributed by atoms with E-state index < -0.39 is 5.41 Å². The molecule has 0 saturated carbocycles. The highest BCUT2D eigenvalue weighted by Gasteiger charge is 2.58. The lowest BCUT2D eigenvalue weighted by molar-refractivity contribution is -0.130. The fourth-order valence-electron chi connectivity index (χ4n) is 4.03. The van der Waals surface area contributed by atoms with Crippen LogP contribution in [0.3, 0.4) is 0 Å². The minimum Gasteiger partial charge on any atom is -0.347 e. The average molecular weight is 350 g/mol. The lowest BCUT2D eigenvalue weighted by Crippen LogP contribution is -2.47. The summed E-state index contributed by atoms with van der Waals surface area (Å²) in [5.74, 6) is 0.388. The first-order chi connectivity index (χ1) is 11.3. The molecule has 2 heterocycles. The third kappa shape index (κ3) is 2.60. The number of hydrogen-bond donors (Lipinski definition) is 2. The van der Waals surface area contributed by atoms with Crippen LogP contribution in [-0.2, 0) is 15.0 Å². The van der Waals surface area contributed by atoms with Crippen molar-refractivity contribution in [2.45, 2.75) is 44.2 Å². The zero-order chi connectivity index (χ0) is 17.6. The van der Waals surface area contributed by atoms with E-state index in [0.29, 0.717) is 17.4 Å². The van der Waals surface area contributed by atoms with E-state index in [4.69, 9.17) is 11.6 Å². The van der Waals surface area contributed by atoms with Crippen LogP contribution in [-0.4, -0.2) is 42.9 Å². The van der Waals surface area contributed by atoms with Gasteiger partial charge in [-0.15, -0.1) is 0 Å². The van der Waals surface area contributed by atoms with Gasteiger partial charge >= 0.3 is 0 Å². The maximum Gasteiger partial charge on any atom is 0.239 e. The molecular formula is C18H24ClN3O2. The van der Waals surface area contributed by atoms with Crippen molar-refractivity contribution in [3.8, 4) is 0 Å². The highest BCUT2D eigenvalue weighted by Crippen LogP contribution is 2.49. The molecule has 2 amide bonds. The Balaban J connectivity index is 2.06. The molecule has 1 spiro atoms. The van der Waals surface area contributed by atoms with Gasteiger partial charge in [0.15, 0.2) is 0 Å². The fraction of sp³-hybridized carbons (Fsp3) is 0.556. The molecule has 0 aromatic heterocycles. The second-order valence-electron chi connectivity index (χ2n) is 7.45. The van der Waals surface area contributed by atoms with Crippen LogP contribution in [0.2, 0.25) is 5.02 Å². The van der Waals surface area contributed by atoms with Crippen LogP contribution >= 0.6 is 11.6 Å². The van der Waals surface area contributed by atoms with Crippen LogP contribution in [0.1, 0.15) is 32.3 Å². The molecule has 1 fully saturated rings. The normalized spacial score (nSPS) is 28.3. The van der Waals surface area contributed by atoms with Gasteiger partial charge in [0.25, 0.3) is 0 Å². The number of nitrogens with zero attached hydrogens (tertiary/aromatic N) is 1. The standard InChI is InChI=1S/C18H24ClN3O2/c1-10(2)7-15-18(9-14(20-15)16(23)22(3)4)12-6-5-11(19)8-13(12)21-17(18)24/h5-6,8,10,14-15,20H,7,9H2,1-4H3,(H,21,24)/t14-,15-,18+/m1/s1. The second-order valence-corrected chi connectivity index (χ2v) is 7.89.